The van der Waals surface area contributed by atoms with Gasteiger partial charge in [-0.3, -0.25) is 0 Å². The normalized spacial score (nSPS) is 13.0. The largest absolute Gasteiger partial charge is 0.509 e. The van der Waals surface area contributed by atoms with Crippen molar-refractivity contribution in [2.24, 2.45) is 0 Å². The van der Waals surface area contributed by atoms with Gasteiger partial charge in [0.05, 0.1) is 0 Å². The van der Waals surface area contributed by atoms with Crippen molar-refractivity contribution in [1.82, 2.24) is 9.55 Å². The number of aromatic nitrogens is 2. The van der Waals surface area contributed by atoms with Crippen molar-refractivity contribution in [2.45, 2.75) is 72.1 Å². The first-order valence-corrected chi connectivity index (χ1v) is 20.2. The van der Waals surface area contributed by atoms with Crippen LogP contribution in [-0.2, 0) is 31.9 Å². The first kappa shape index (κ1) is 40.2. The molecule has 8 aromatic rings. The molecule has 1 aliphatic rings. The summed E-state index contributed by atoms with van der Waals surface area (Å²) in [4.78, 5) is 9.40. The molecule has 300 valence electrons. The Morgan fingerprint density at radius 3 is 2.05 bits per heavy atom. The number of rotatable bonds is 7. The molecule has 0 atom stereocenters. The van der Waals surface area contributed by atoms with Gasteiger partial charge in [-0.2, -0.15) is 12.1 Å². The maximum atomic E-state index is 6.64. The molecule has 3 heterocycles. The number of anilines is 4. The SMILES string of the molecule is CC(C)c1cc(N2[CH-]N(c3[c-]c(Oc4[c-]c5c(cc4)c4cc(-c6ccccc6)ccc4n5-c4cc(C(C)(C)C)ccn4)ccc3)c3ccccc32)cc(C(C)(C)C)c1.[Pt]. The Labute approximate surface area is 363 Å². The van der Waals surface area contributed by atoms with Crippen LogP contribution in [0.15, 0.2) is 140 Å². The zero-order valence-electron chi connectivity index (χ0n) is 34.9. The van der Waals surface area contributed by atoms with Crippen LogP contribution in [0.25, 0.3) is 38.8 Å². The number of hydrogen-bond donors (Lipinski definition) is 0. The summed E-state index contributed by atoms with van der Waals surface area (Å²) in [6.45, 7) is 20.2. The summed E-state index contributed by atoms with van der Waals surface area (Å²) in [5, 5.41) is 2.22. The molecule has 9 rings (SSSR count). The molecular formula is C53H49N4OPt-3. The van der Waals surface area contributed by atoms with E-state index in [4.69, 9.17) is 9.72 Å². The molecule has 0 spiro atoms. The van der Waals surface area contributed by atoms with E-state index in [-0.39, 0.29) is 31.9 Å². The maximum Gasteiger partial charge on any atom is 0.135 e. The summed E-state index contributed by atoms with van der Waals surface area (Å²) >= 11 is 0. The molecule has 0 fully saturated rings. The summed E-state index contributed by atoms with van der Waals surface area (Å²) in [5.74, 6) is 2.47. The molecule has 0 radical (unpaired) electrons. The molecule has 6 heteroatoms. The van der Waals surface area contributed by atoms with E-state index in [1.54, 1.807) is 0 Å². The van der Waals surface area contributed by atoms with Crippen molar-refractivity contribution in [3.8, 4) is 28.4 Å². The Bertz CT molecular complexity index is 2810. The third-order valence-electron chi connectivity index (χ3n) is 11.2. The van der Waals surface area contributed by atoms with E-state index in [2.05, 4.69) is 204 Å². The van der Waals surface area contributed by atoms with Gasteiger partial charge in [0.25, 0.3) is 0 Å². The van der Waals surface area contributed by atoms with Crippen LogP contribution < -0.4 is 14.5 Å². The molecule has 0 amide bonds. The molecule has 1 aliphatic heterocycles. The average Bonchev–Trinajstić information content (AvgIpc) is 3.76. The van der Waals surface area contributed by atoms with Crippen LogP contribution >= 0.6 is 0 Å². The molecule has 5 nitrogen and oxygen atoms in total. The van der Waals surface area contributed by atoms with Crippen LogP contribution in [0.3, 0.4) is 0 Å². The van der Waals surface area contributed by atoms with Crippen molar-refractivity contribution in [1.29, 1.82) is 0 Å². The molecule has 2 aromatic heterocycles. The number of benzene rings is 6. The summed E-state index contributed by atoms with van der Waals surface area (Å²) in [6, 6.07) is 54.5. The van der Waals surface area contributed by atoms with Crippen LogP contribution in [0.4, 0.5) is 22.7 Å². The number of pyridine rings is 1. The Morgan fingerprint density at radius 1 is 0.610 bits per heavy atom. The van der Waals surface area contributed by atoms with Crippen molar-refractivity contribution in [2.75, 3.05) is 9.80 Å². The first-order chi connectivity index (χ1) is 27.8. The molecule has 0 saturated heterocycles. The van der Waals surface area contributed by atoms with Crippen molar-refractivity contribution in [3.05, 3.63) is 175 Å². The number of nitrogens with zero attached hydrogens (tertiary/aromatic N) is 4. The van der Waals surface area contributed by atoms with E-state index in [0.717, 1.165) is 55.9 Å². The average molecular weight is 953 g/mol. The van der Waals surface area contributed by atoms with Crippen LogP contribution in [-0.4, -0.2) is 9.55 Å². The number of ether oxygens (including phenoxy) is 1. The standard InChI is InChI=1S/C53H49N4O.Pt/c1-35(2)38-27-40(53(6,7)8)30-42(28-38)56-34-55(48-19-12-13-20-49(48)56)41-17-14-18-43(32-41)58-44-22-23-45-46-29-37(36-15-10-9-11-16-36)21-24-47(46)57(50(45)33-44)51-31-39(25-26-54-51)52(3,4)5;/h9-31,34-35H,1-8H3;/q-3;. The summed E-state index contributed by atoms with van der Waals surface area (Å²) < 4.78 is 8.85. The Morgan fingerprint density at radius 2 is 1.32 bits per heavy atom. The van der Waals surface area contributed by atoms with E-state index in [0.29, 0.717) is 17.4 Å². The van der Waals surface area contributed by atoms with Gasteiger partial charge in [-0.15, -0.1) is 48.1 Å². The molecule has 0 aliphatic carbocycles. The molecule has 0 bridgehead atoms. The van der Waals surface area contributed by atoms with Gasteiger partial charge in [0.2, 0.25) is 0 Å². The van der Waals surface area contributed by atoms with E-state index in [1.165, 1.54) is 22.3 Å². The number of fused-ring (bicyclic) bond motifs is 4. The molecule has 0 unspecified atom stereocenters. The Kier molecular flexibility index (Phi) is 10.6. The zero-order valence-corrected chi connectivity index (χ0v) is 37.2. The second-order valence-corrected chi connectivity index (χ2v) is 17.7. The second-order valence-electron chi connectivity index (χ2n) is 17.7. The van der Waals surface area contributed by atoms with E-state index >= 15 is 0 Å². The number of hydrogen-bond acceptors (Lipinski definition) is 4. The van der Waals surface area contributed by atoms with Gasteiger partial charge >= 0.3 is 0 Å². The van der Waals surface area contributed by atoms with Crippen LogP contribution in [0.5, 0.6) is 11.5 Å². The van der Waals surface area contributed by atoms with Crippen molar-refractivity contribution >= 4 is 44.6 Å². The van der Waals surface area contributed by atoms with Gasteiger partial charge in [0.1, 0.15) is 5.82 Å². The van der Waals surface area contributed by atoms with Gasteiger partial charge in [-0.05, 0) is 92.4 Å². The predicted octanol–water partition coefficient (Wildman–Crippen LogP) is 14.4. The van der Waals surface area contributed by atoms with Crippen molar-refractivity contribution < 1.29 is 25.8 Å². The Hall–Kier alpha value is -5.64. The summed E-state index contributed by atoms with van der Waals surface area (Å²) in [5.41, 5.74) is 12.4. The summed E-state index contributed by atoms with van der Waals surface area (Å²) in [7, 11) is 0. The smallest absolute Gasteiger partial charge is 0.135 e. The minimum atomic E-state index is -0.0342. The molecule has 6 aromatic carbocycles. The Balaban J connectivity index is 0.00000484. The van der Waals surface area contributed by atoms with Crippen LogP contribution in [0.2, 0.25) is 0 Å². The fraction of sp³-hybridized carbons (Fsp3) is 0.208. The first-order valence-electron chi connectivity index (χ1n) is 20.2. The third kappa shape index (κ3) is 7.70. The van der Waals surface area contributed by atoms with Crippen molar-refractivity contribution in [3.63, 3.8) is 0 Å². The van der Waals surface area contributed by atoms with E-state index < -0.39 is 0 Å². The maximum absolute atomic E-state index is 6.64. The van der Waals surface area contributed by atoms with Gasteiger partial charge in [-0.1, -0.05) is 122 Å². The second kappa shape index (κ2) is 15.5. The molecule has 59 heavy (non-hydrogen) atoms. The van der Waals surface area contributed by atoms with Gasteiger partial charge in [0, 0.05) is 61.3 Å². The minimum Gasteiger partial charge on any atom is -0.509 e. The van der Waals surface area contributed by atoms with E-state index in [1.807, 2.05) is 24.4 Å². The van der Waals surface area contributed by atoms with Gasteiger partial charge < -0.3 is 19.1 Å². The van der Waals surface area contributed by atoms with Gasteiger partial charge in [-0.25, -0.2) is 4.98 Å². The van der Waals surface area contributed by atoms with Crippen LogP contribution in [0.1, 0.15) is 78.0 Å². The molecule has 0 N–H and O–H groups in total. The minimum absolute atomic E-state index is 0. The predicted molar refractivity (Wildman–Crippen MR) is 241 cm³/mol. The molecule has 0 saturated carbocycles. The number of para-hydroxylation sites is 2. The summed E-state index contributed by atoms with van der Waals surface area (Å²) in [6.07, 6.45) is 1.91. The quantitative estimate of drug-likeness (QED) is 0.149. The fourth-order valence-corrected chi connectivity index (χ4v) is 7.84. The third-order valence-corrected chi connectivity index (χ3v) is 11.2. The van der Waals surface area contributed by atoms with Gasteiger partial charge in [0.15, 0.2) is 0 Å². The van der Waals surface area contributed by atoms with Crippen LogP contribution in [0, 0.1) is 18.8 Å². The zero-order chi connectivity index (χ0) is 40.3. The monoisotopic (exact) mass is 952 g/mol. The fourth-order valence-electron chi connectivity index (χ4n) is 7.84. The topological polar surface area (TPSA) is 33.5 Å². The molecular weight excluding hydrogens is 904 g/mol. The van der Waals surface area contributed by atoms with E-state index in [9.17, 15) is 0 Å².